The van der Waals surface area contributed by atoms with Crippen LogP contribution in [0.1, 0.15) is 0 Å². The number of thioether (sulfide) groups is 1. The Labute approximate surface area is 103 Å². The summed E-state index contributed by atoms with van der Waals surface area (Å²) in [5.74, 6) is 0.579. The van der Waals surface area contributed by atoms with E-state index in [9.17, 15) is 4.79 Å². The molecule has 0 radical (unpaired) electrons. The second-order valence-corrected chi connectivity index (χ2v) is 4.44. The lowest BCUT2D eigenvalue weighted by Gasteiger charge is -2.00. The van der Waals surface area contributed by atoms with E-state index in [0.717, 1.165) is 4.90 Å². The van der Waals surface area contributed by atoms with E-state index in [4.69, 9.17) is 4.52 Å². The van der Waals surface area contributed by atoms with Crippen molar-refractivity contribution in [2.24, 2.45) is 7.05 Å². The molecule has 0 atom stereocenters. The molecular formula is C11H12N3O2S+. The summed E-state index contributed by atoms with van der Waals surface area (Å²) in [6.45, 7) is 0. The van der Waals surface area contributed by atoms with Gasteiger partial charge in [0.2, 0.25) is 5.91 Å². The molecule has 0 saturated heterocycles. The zero-order valence-corrected chi connectivity index (χ0v) is 10.1. The molecule has 0 saturated carbocycles. The number of hydrogen-bond donors (Lipinski definition) is 1. The molecule has 1 aromatic carbocycles. The van der Waals surface area contributed by atoms with Crippen molar-refractivity contribution in [2.75, 3.05) is 11.1 Å². The van der Waals surface area contributed by atoms with Crippen molar-refractivity contribution in [3.63, 3.8) is 0 Å². The number of benzene rings is 1. The van der Waals surface area contributed by atoms with Gasteiger partial charge < -0.3 is 0 Å². The Kier molecular flexibility index (Phi) is 3.77. The standard InChI is InChI=1S/C11H11N3O2S/c1-14-7-11(16-13-14)12-10(15)8-17-9-5-3-2-4-6-9/h2-7H,8H2,1H3/p+1. The van der Waals surface area contributed by atoms with E-state index in [1.165, 1.54) is 16.4 Å². The van der Waals surface area contributed by atoms with Gasteiger partial charge in [-0.25, -0.2) is 0 Å². The van der Waals surface area contributed by atoms with Gasteiger partial charge >= 0.3 is 5.88 Å². The summed E-state index contributed by atoms with van der Waals surface area (Å²) >= 11 is 1.47. The largest absolute Gasteiger partial charge is 0.302 e. The van der Waals surface area contributed by atoms with Gasteiger partial charge in [0.15, 0.2) is 12.3 Å². The number of nitrogens with one attached hydrogen (secondary N) is 1. The van der Waals surface area contributed by atoms with Crippen LogP contribution < -0.4 is 10.00 Å². The Morgan fingerprint density at radius 3 is 2.88 bits per heavy atom. The fourth-order valence-electron chi connectivity index (χ4n) is 1.22. The van der Waals surface area contributed by atoms with E-state index in [1.807, 2.05) is 30.3 Å². The van der Waals surface area contributed by atoms with Gasteiger partial charge in [0.1, 0.15) is 0 Å². The van der Waals surface area contributed by atoms with Crippen LogP contribution in [0.3, 0.4) is 0 Å². The summed E-state index contributed by atoms with van der Waals surface area (Å²) in [7, 11) is 1.72. The third kappa shape index (κ3) is 3.60. The lowest BCUT2D eigenvalue weighted by atomic mass is 10.4. The minimum atomic E-state index is -0.115. The van der Waals surface area contributed by atoms with Gasteiger partial charge in [0.05, 0.1) is 5.75 Å². The van der Waals surface area contributed by atoms with Crippen molar-refractivity contribution < 1.29 is 14.0 Å². The number of hydrogen-bond acceptors (Lipinski definition) is 4. The summed E-state index contributed by atoms with van der Waals surface area (Å²) in [5.41, 5.74) is 0. The van der Waals surface area contributed by atoms with Gasteiger partial charge in [-0.2, -0.15) is 0 Å². The first-order valence-corrected chi connectivity index (χ1v) is 6.03. The summed E-state index contributed by atoms with van der Waals surface area (Å²) < 4.78 is 6.34. The van der Waals surface area contributed by atoms with Crippen LogP contribution in [-0.2, 0) is 11.8 Å². The van der Waals surface area contributed by atoms with E-state index in [2.05, 4.69) is 10.6 Å². The maximum Gasteiger partial charge on any atom is 0.302 e. The summed E-state index contributed by atoms with van der Waals surface area (Å²) in [4.78, 5) is 12.6. The summed E-state index contributed by atoms with van der Waals surface area (Å²) in [6.07, 6.45) is 1.60. The lowest BCUT2D eigenvalue weighted by molar-refractivity contribution is -0.739. The highest BCUT2D eigenvalue weighted by Gasteiger charge is 2.10. The average Bonchev–Trinajstić information content (AvgIpc) is 2.73. The maximum absolute atomic E-state index is 11.6. The quantitative estimate of drug-likeness (QED) is 0.655. The molecule has 2 aromatic rings. The highest BCUT2D eigenvalue weighted by Crippen LogP contribution is 2.16. The number of carbonyl (C=O) groups is 1. The van der Waals surface area contributed by atoms with Gasteiger partial charge in [0.25, 0.3) is 6.20 Å². The van der Waals surface area contributed by atoms with Crippen molar-refractivity contribution in [2.45, 2.75) is 4.90 Å². The molecule has 6 heteroatoms. The molecule has 17 heavy (non-hydrogen) atoms. The summed E-state index contributed by atoms with van der Waals surface area (Å²) in [5, 5.41) is 6.23. The molecule has 5 nitrogen and oxygen atoms in total. The first-order valence-electron chi connectivity index (χ1n) is 5.04. The monoisotopic (exact) mass is 250 g/mol. The molecule has 1 N–H and O–H groups in total. The molecule has 88 valence electrons. The number of aryl methyl sites for hydroxylation is 1. The predicted octanol–water partition coefficient (Wildman–Crippen LogP) is 1.23. The zero-order valence-electron chi connectivity index (χ0n) is 9.29. The molecule has 2 rings (SSSR count). The number of rotatable bonds is 4. The van der Waals surface area contributed by atoms with Crippen molar-refractivity contribution >= 4 is 23.6 Å². The molecule has 0 fully saturated rings. The van der Waals surface area contributed by atoms with Crippen LogP contribution in [0.4, 0.5) is 5.88 Å². The number of anilines is 1. The second kappa shape index (κ2) is 5.49. The van der Waals surface area contributed by atoms with Gasteiger partial charge in [-0.1, -0.05) is 22.9 Å². The SMILES string of the molecule is C[n+]1cc(NC(=O)CSc2ccccc2)on1. The Morgan fingerprint density at radius 2 is 2.24 bits per heavy atom. The van der Waals surface area contributed by atoms with Gasteiger partial charge in [0, 0.05) is 4.90 Å². The molecule has 0 aliphatic heterocycles. The molecule has 0 spiro atoms. The highest BCUT2D eigenvalue weighted by atomic mass is 32.2. The van der Waals surface area contributed by atoms with Crippen LogP contribution in [0, 0.1) is 0 Å². The van der Waals surface area contributed by atoms with E-state index in [0.29, 0.717) is 11.6 Å². The van der Waals surface area contributed by atoms with E-state index < -0.39 is 0 Å². The van der Waals surface area contributed by atoms with Crippen LogP contribution >= 0.6 is 11.8 Å². The van der Waals surface area contributed by atoms with Crippen LogP contribution in [-0.4, -0.2) is 16.9 Å². The Morgan fingerprint density at radius 1 is 1.47 bits per heavy atom. The smallest absolute Gasteiger partial charge is 0.288 e. The normalized spacial score (nSPS) is 10.2. The molecular weight excluding hydrogens is 238 g/mol. The maximum atomic E-state index is 11.6. The molecule has 1 aromatic heterocycles. The fraction of sp³-hybridized carbons (Fsp3) is 0.182. The molecule has 0 unspecified atom stereocenters. The third-order valence-corrected chi connectivity index (χ3v) is 2.96. The first kappa shape index (κ1) is 11.7. The number of carbonyl (C=O) groups excluding carboxylic acids is 1. The minimum absolute atomic E-state index is 0.115. The van der Waals surface area contributed by atoms with E-state index in [-0.39, 0.29) is 5.91 Å². The fourth-order valence-corrected chi connectivity index (χ4v) is 1.94. The summed E-state index contributed by atoms with van der Waals surface area (Å²) in [6, 6.07) is 9.75. The highest BCUT2D eigenvalue weighted by molar-refractivity contribution is 8.00. The Balaban J connectivity index is 1.82. The molecule has 1 amide bonds. The lowest BCUT2D eigenvalue weighted by Crippen LogP contribution is -2.28. The number of aromatic nitrogens is 2. The Hall–Kier alpha value is -1.82. The minimum Gasteiger partial charge on any atom is -0.288 e. The van der Waals surface area contributed by atoms with E-state index >= 15 is 0 Å². The zero-order chi connectivity index (χ0) is 12.1. The second-order valence-electron chi connectivity index (χ2n) is 3.39. The number of nitrogens with zero attached hydrogens (tertiary/aromatic N) is 2. The van der Waals surface area contributed by atoms with E-state index in [1.54, 1.807) is 13.2 Å². The van der Waals surface area contributed by atoms with Crippen molar-refractivity contribution in [3.05, 3.63) is 36.5 Å². The van der Waals surface area contributed by atoms with Crippen LogP contribution in [0.2, 0.25) is 0 Å². The molecule has 0 aliphatic rings. The average molecular weight is 250 g/mol. The van der Waals surface area contributed by atoms with Gasteiger partial charge in [-0.15, -0.1) is 11.8 Å². The number of amides is 1. The van der Waals surface area contributed by atoms with Gasteiger partial charge in [-0.3, -0.25) is 14.6 Å². The molecule has 1 heterocycles. The topological polar surface area (TPSA) is 59.0 Å². The van der Waals surface area contributed by atoms with Crippen LogP contribution in [0.25, 0.3) is 0 Å². The first-order chi connectivity index (χ1) is 8.24. The van der Waals surface area contributed by atoms with Crippen molar-refractivity contribution in [1.82, 2.24) is 5.27 Å². The third-order valence-electron chi connectivity index (χ3n) is 1.95. The molecule has 0 aliphatic carbocycles. The predicted molar refractivity (Wildman–Crippen MR) is 63.5 cm³/mol. The van der Waals surface area contributed by atoms with Gasteiger partial charge in [-0.05, 0) is 12.1 Å². The van der Waals surface area contributed by atoms with Crippen LogP contribution in [0.5, 0.6) is 0 Å². The Bertz CT molecular complexity index is 498. The molecule has 0 bridgehead atoms. The van der Waals surface area contributed by atoms with Crippen molar-refractivity contribution in [3.8, 4) is 0 Å². The van der Waals surface area contributed by atoms with Crippen LogP contribution in [0.15, 0.2) is 45.9 Å². The van der Waals surface area contributed by atoms with Crippen molar-refractivity contribution in [1.29, 1.82) is 0 Å².